The quantitative estimate of drug-likeness (QED) is 0.710. The first kappa shape index (κ1) is 12.7. The maximum absolute atomic E-state index is 10.8. The van der Waals surface area contributed by atoms with Gasteiger partial charge in [-0.15, -0.1) is 0 Å². The van der Waals surface area contributed by atoms with E-state index in [0.717, 1.165) is 39.5 Å². The molecule has 4 rings (SSSR count). The summed E-state index contributed by atoms with van der Waals surface area (Å²) in [6.45, 7) is 0. The number of benzene rings is 1. The molecule has 21 heavy (non-hydrogen) atoms. The third-order valence-corrected chi connectivity index (χ3v) is 4.72. The van der Waals surface area contributed by atoms with Crippen molar-refractivity contribution < 1.29 is 4.79 Å². The molecule has 3 aromatic rings. The minimum atomic E-state index is -0.205. The zero-order valence-corrected chi connectivity index (χ0v) is 12.3. The highest BCUT2D eigenvalue weighted by Gasteiger charge is 2.17. The lowest BCUT2D eigenvalue weighted by atomic mass is 10.1. The number of carbonyl (C=O) groups is 1. The topological polar surface area (TPSA) is 57.8 Å². The van der Waals surface area contributed by atoms with E-state index in [0.29, 0.717) is 5.02 Å². The van der Waals surface area contributed by atoms with E-state index < -0.39 is 0 Å². The van der Waals surface area contributed by atoms with Crippen molar-refractivity contribution in [1.82, 2.24) is 15.3 Å². The van der Waals surface area contributed by atoms with Crippen LogP contribution in [-0.2, 0) is 4.79 Å². The van der Waals surface area contributed by atoms with Crippen LogP contribution < -0.4 is 5.32 Å². The lowest BCUT2D eigenvalue weighted by Gasteiger charge is -2.07. The van der Waals surface area contributed by atoms with Crippen LogP contribution in [0.4, 0.5) is 0 Å². The number of hydrogen-bond donors (Lipinski definition) is 2. The summed E-state index contributed by atoms with van der Waals surface area (Å²) < 4.78 is 0. The molecule has 104 valence electrons. The predicted molar refractivity (Wildman–Crippen MR) is 87.2 cm³/mol. The number of halogens is 1. The van der Waals surface area contributed by atoms with Gasteiger partial charge in [0.25, 0.3) is 0 Å². The first-order valence-corrected chi connectivity index (χ1v) is 7.72. The Bertz CT molecular complexity index is 902. The first-order chi connectivity index (χ1) is 10.3. The number of carbonyl (C=O) groups excluding carboxylic acids is 1. The smallest absolute Gasteiger partial charge is 0.152 e. The van der Waals surface area contributed by atoms with Gasteiger partial charge < -0.3 is 15.1 Å². The first-order valence-electron chi connectivity index (χ1n) is 6.40. The second-order valence-corrected chi connectivity index (χ2v) is 6.19. The second-order valence-electron chi connectivity index (χ2n) is 4.77. The fourth-order valence-corrected chi connectivity index (χ4v) is 3.52. The molecule has 0 spiro atoms. The average molecular weight is 316 g/mol. The molecule has 0 bridgehead atoms. The molecule has 0 radical (unpaired) electrons. The standard InChI is InChI=1S/C15H10ClN3OS/c16-10-3-4-17-15-14(10)9-5-8(1-2-11(9)19-15)12-7-21-13(6-20)18-12/h1-7,13,18H,(H,17,19). The fourth-order valence-electron chi connectivity index (χ4n) is 2.52. The molecule has 4 nitrogen and oxygen atoms in total. The largest absolute Gasteiger partial charge is 0.366 e. The zero-order chi connectivity index (χ0) is 14.4. The second kappa shape index (κ2) is 4.79. The number of aromatic amines is 1. The number of fused-ring (bicyclic) bond motifs is 3. The zero-order valence-electron chi connectivity index (χ0n) is 10.8. The summed E-state index contributed by atoms with van der Waals surface area (Å²) in [6, 6.07) is 7.87. The number of aldehydes is 1. The number of nitrogens with zero attached hydrogens (tertiary/aromatic N) is 1. The Morgan fingerprint density at radius 3 is 3.05 bits per heavy atom. The Kier molecular flexibility index (Phi) is 2.90. The van der Waals surface area contributed by atoms with Gasteiger partial charge in [-0.1, -0.05) is 29.4 Å². The van der Waals surface area contributed by atoms with E-state index in [1.54, 1.807) is 12.3 Å². The summed E-state index contributed by atoms with van der Waals surface area (Å²) >= 11 is 7.77. The molecule has 1 atom stereocenters. The highest BCUT2D eigenvalue weighted by atomic mass is 35.5. The predicted octanol–water partition coefficient (Wildman–Crippen LogP) is 3.53. The monoisotopic (exact) mass is 315 g/mol. The third-order valence-electron chi connectivity index (χ3n) is 3.51. The van der Waals surface area contributed by atoms with Crippen molar-refractivity contribution >= 4 is 57.3 Å². The van der Waals surface area contributed by atoms with Crippen molar-refractivity contribution in [1.29, 1.82) is 0 Å². The number of nitrogens with one attached hydrogen (secondary N) is 2. The van der Waals surface area contributed by atoms with E-state index in [2.05, 4.69) is 21.4 Å². The highest BCUT2D eigenvalue weighted by molar-refractivity contribution is 8.03. The van der Waals surface area contributed by atoms with E-state index in [-0.39, 0.29) is 5.37 Å². The van der Waals surface area contributed by atoms with Crippen LogP contribution in [0.25, 0.3) is 27.6 Å². The maximum atomic E-state index is 10.8. The van der Waals surface area contributed by atoms with Crippen molar-refractivity contribution in [3.63, 3.8) is 0 Å². The van der Waals surface area contributed by atoms with Gasteiger partial charge in [-0.25, -0.2) is 4.98 Å². The van der Waals surface area contributed by atoms with Crippen molar-refractivity contribution in [3.8, 4) is 0 Å². The van der Waals surface area contributed by atoms with Crippen LogP contribution in [-0.4, -0.2) is 21.6 Å². The van der Waals surface area contributed by atoms with Crippen LogP contribution in [0.3, 0.4) is 0 Å². The van der Waals surface area contributed by atoms with Crippen molar-refractivity contribution in [3.05, 3.63) is 46.5 Å². The number of thioether (sulfide) groups is 1. The normalized spacial score (nSPS) is 18.0. The van der Waals surface area contributed by atoms with Gasteiger partial charge in [-0.3, -0.25) is 0 Å². The van der Waals surface area contributed by atoms with Crippen molar-refractivity contribution in [2.75, 3.05) is 0 Å². The van der Waals surface area contributed by atoms with Crippen LogP contribution in [0.5, 0.6) is 0 Å². The molecule has 2 aromatic heterocycles. The molecule has 1 aromatic carbocycles. The van der Waals surface area contributed by atoms with Gasteiger partial charge in [0.05, 0.1) is 5.02 Å². The minimum Gasteiger partial charge on any atom is -0.366 e. The number of hydrogen-bond acceptors (Lipinski definition) is 4. The van der Waals surface area contributed by atoms with Crippen LogP contribution in [0.1, 0.15) is 5.56 Å². The molecule has 0 amide bonds. The van der Waals surface area contributed by atoms with Gasteiger partial charge in [0.2, 0.25) is 0 Å². The molecule has 0 saturated carbocycles. The summed E-state index contributed by atoms with van der Waals surface area (Å²) in [4.78, 5) is 18.4. The van der Waals surface area contributed by atoms with Crippen molar-refractivity contribution in [2.45, 2.75) is 5.37 Å². The van der Waals surface area contributed by atoms with E-state index in [4.69, 9.17) is 11.6 Å². The molecule has 3 heterocycles. The van der Waals surface area contributed by atoms with Crippen LogP contribution in [0.15, 0.2) is 35.9 Å². The summed E-state index contributed by atoms with van der Waals surface area (Å²) in [6.07, 6.45) is 2.59. The number of H-pyrrole nitrogens is 1. The Balaban J connectivity index is 1.90. The van der Waals surface area contributed by atoms with E-state index in [1.807, 2.05) is 17.5 Å². The van der Waals surface area contributed by atoms with Gasteiger partial charge >= 0.3 is 0 Å². The van der Waals surface area contributed by atoms with Gasteiger partial charge in [0.1, 0.15) is 11.0 Å². The highest BCUT2D eigenvalue weighted by Crippen LogP contribution is 2.33. The fraction of sp³-hybridized carbons (Fsp3) is 0.0667. The summed E-state index contributed by atoms with van der Waals surface area (Å²) in [7, 11) is 0. The molecule has 0 saturated heterocycles. The van der Waals surface area contributed by atoms with Crippen LogP contribution in [0, 0.1) is 0 Å². The Labute approximate surface area is 129 Å². The minimum absolute atomic E-state index is 0.205. The van der Waals surface area contributed by atoms with E-state index in [9.17, 15) is 4.79 Å². The molecule has 0 fully saturated rings. The van der Waals surface area contributed by atoms with Gasteiger partial charge in [-0.2, -0.15) is 0 Å². The molecular weight excluding hydrogens is 306 g/mol. The molecule has 2 N–H and O–H groups in total. The van der Waals surface area contributed by atoms with E-state index >= 15 is 0 Å². The molecule has 1 aliphatic rings. The lowest BCUT2D eigenvalue weighted by molar-refractivity contribution is -0.107. The summed E-state index contributed by atoms with van der Waals surface area (Å²) in [5, 5.41) is 7.57. The molecular formula is C15H10ClN3OS. The number of rotatable bonds is 2. The molecule has 0 aliphatic carbocycles. The van der Waals surface area contributed by atoms with Crippen LogP contribution in [0.2, 0.25) is 5.02 Å². The number of aromatic nitrogens is 2. The number of pyridine rings is 1. The van der Waals surface area contributed by atoms with Crippen molar-refractivity contribution in [2.24, 2.45) is 0 Å². The third kappa shape index (κ3) is 2.01. The maximum Gasteiger partial charge on any atom is 0.152 e. The van der Waals surface area contributed by atoms with Gasteiger partial charge in [0.15, 0.2) is 6.29 Å². The SMILES string of the molecule is O=CC1NC(c2ccc3[nH]c4nccc(Cl)c4c3c2)=CS1. The van der Waals surface area contributed by atoms with Gasteiger partial charge in [-0.05, 0) is 29.2 Å². The Morgan fingerprint density at radius 2 is 2.24 bits per heavy atom. The van der Waals surface area contributed by atoms with E-state index in [1.165, 1.54) is 11.8 Å². The van der Waals surface area contributed by atoms with Crippen LogP contribution >= 0.6 is 23.4 Å². The molecule has 1 unspecified atom stereocenters. The summed E-state index contributed by atoms with van der Waals surface area (Å²) in [5.74, 6) is 0. The molecule has 1 aliphatic heterocycles. The summed E-state index contributed by atoms with van der Waals surface area (Å²) in [5.41, 5.74) is 3.75. The molecule has 6 heteroatoms. The lowest BCUT2D eigenvalue weighted by Crippen LogP contribution is -2.20. The van der Waals surface area contributed by atoms with Gasteiger partial charge in [0, 0.05) is 28.2 Å². The Morgan fingerprint density at radius 1 is 1.33 bits per heavy atom. The Hall–Kier alpha value is -1.98. The average Bonchev–Trinajstić information content (AvgIpc) is 3.11.